The van der Waals surface area contributed by atoms with Crippen molar-refractivity contribution < 1.29 is 14.3 Å². The predicted molar refractivity (Wildman–Crippen MR) is 120 cm³/mol. The Labute approximate surface area is 181 Å². The maximum atomic E-state index is 13.9. The van der Waals surface area contributed by atoms with E-state index in [1.165, 1.54) is 0 Å². The summed E-state index contributed by atoms with van der Waals surface area (Å²) in [5.41, 5.74) is 3.66. The number of aromatic carboxylic acids is 1. The van der Waals surface area contributed by atoms with E-state index >= 15 is 0 Å². The van der Waals surface area contributed by atoms with Crippen LogP contribution in [0.5, 0.6) is 0 Å². The summed E-state index contributed by atoms with van der Waals surface area (Å²) in [6, 6.07) is 14.4. The number of aromatic nitrogens is 2. The minimum absolute atomic E-state index is 0.176. The first-order valence-electron chi connectivity index (χ1n) is 10.7. The molecule has 6 heteroatoms. The number of carboxylic acid groups (broad SMARTS) is 1. The third-order valence-corrected chi connectivity index (χ3v) is 5.37. The highest BCUT2D eigenvalue weighted by molar-refractivity contribution is 5.95. The Morgan fingerprint density at radius 1 is 1.03 bits per heavy atom. The summed E-state index contributed by atoms with van der Waals surface area (Å²) >= 11 is 0. The summed E-state index contributed by atoms with van der Waals surface area (Å²) in [6.07, 6.45) is 1.46. The molecule has 1 N–H and O–H groups in total. The summed E-state index contributed by atoms with van der Waals surface area (Å²) < 4.78 is 17.1. The third-order valence-electron chi connectivity index (χ3n) is 5.37. The van der Waals surface area contributed by atoms with Gasteiger partial charge in [-0.05, 0) is 35.1 Å². The monoisotopic (exact) mass is 424 g/mol. The molecule has 0 saturated heterocycles. The van der Waals surface area contributed by atoms with Gasteiger partial charge in [0.15, 0.2) is 0 Å². The van der Waals surface area contributed by atoms with Crippen LogP contribution < -0.4 is 5.69 Å². The van der Waals surface area contributed by atoms with E-state index in [0.717, 1.165) is 23.2 Å². The highest BCUT2D eigenvalue weighted by Crippen LogP contribution is 2.25. The van der Waals surface area contributed by atoms with Gasteiger partial charge < -0.3 is 5.11 Å². The Bertz CT molecular complexity index is 1110. The summed E-state index contributed by atoms with van der Waals surface area (Å²) in [5, 5.41) is 9.43. The number of nitrogens with zero attached hydrogens (tertiary/aromatic N) is 2. The molecule has 0 amide bonds. The zero-order valence-electron chi connectivity index (χ0n) is 18.3. The number of alkyl halides is 1. The molecule has 5 nitrogen and oxygen atoms in total. The van der Waals surface area contributed by atoms with Crippen molar-refractivity contribution in [2.75, 3.05) is 0 Å². The fraction of sp³-hybridized carbons (Fsp3) is 0.360. The van der Waals surface area contributed by atoms with Gasteiger partial charge in [0, 0.05) is 12.2 Å². The largest absolute Gasteiger partial charge is 0.478 e. The van der Waals surface area contributed by atoms with Crippen molar-refractivity contribution >= 4 is 5.97 Å². The minimum atomic E-state index is -0.972. The average Bonchev–Trinajstić information content (AvgIpc) is 2.99. The van der Waals surface area contributed by atoms with E-state index in [9.17, 15) is 19.1 Å². The normalized spacial score (nSPS) is 11.3. The quantitative estimate of drug-likeness (QED) is 0.517. The molecule has 1 aromatic heterocycles. The van der Waals surface area contributed by atoms with Crippen LogP contribution in [0.15, 0.2) is 53.3 Å². The molecule has 0 atom stereocenters. The van der Waals surface area contributed by atoms with Gasteiger partial charge in [0.1, 0.15) is 6.67 Å². The number of rotatable bonds is 9. The fourth-order valence-corrected chi connectivity index (χ4v) is 3.96. The van der Waals surface area contributed by atoms with Crippen LogP contribution in [0.4, 0.5) is 4.39 Å². The molecule has 164 valence electrons. The highest BCUT2D eigenvalue weighted by Gasteiger charge is 2.20. The van der Waals surface area contributed by atoms with E-state index in [-0.39, 0.29) is 17.2 Å². The highest BCUT2D eigenvalue weighted by atomic mass is 19.1. The van der Waals surface area contributed by atoms with E-state index in [2.05, 4.69) is 0 Å². The van der Waals surface area contributed by atoms with Crippen LogP contribution in [0.3, 0.4) is 0 Å². The molecule has 3 aromatic rings. The Balaban J connectivity index is 1.97. The number of carbonyl (C=O) groups is 1. The smallest absolute Gasteiger partial charge is 0.336 e. The van der Waals surface area contributed by atoms with E-state index in [1.807, 2.05) is 51.1 Å². The predicted octanol–water partition coefficient (Wildman–Crippen LogP) is 5.14. The lowest BCUT2D eigenvalue weighted by Crippen LogP contribution is -2.27. The van der Waals surface area contributed by atoms with Crippen molar-refractivity contribution in [1.82, 2.24) is 9.13 Å². The van der Waals surface area contributed by atoms with Gasteiger partial charge in [0.25, 0.3) is 0 Å². The molecule has 1 heterocycles. The number of carboxylic acids is 1. The number of hydrogen-bond acceptors (Lipinski definition) is 2. The average molecular weight is 425 g/mol. The second-order valence-corrected chi connectivity index (χ2v) is 8.20. The molecule has 0 spiro atoms. The lowest BCUT2D eigenvalue weighted by atomic mass is 9.99. The van der Waals surface area contributed by atoms with Crippen LogP contribution in [-0.2, 0) is 26.2 Å². The van der Waals surface area contributed by atoms with Crippen LogP contribution in [0.2, 0.25) is 0 Å². The summed E-state index contributed by atoms with van der Waals surface area (Å²) in [6.45, 7) is 6.23. The molecule has 31 heavy (non-hydrogen) atoms. The van der Waals surface area contributed by atoms with E-state index in [1.54, 1.807) is 27.3 Å². The second kappa shape index (κ2) is 9.77. The van der Waals surface area contributed by atoms with Gasteiger partial charge in [-0.1, -0.05) is 69.7 Å². The van der Waals surface area contributed by atoms with Crippen molar-refractivity contribution in [1.29, 1.82) is 0 Å². The van der Waals surface area contributed by atoms with Gasteiger partial charge in [-0.2, -0.15) is 0 Å². The maximum absolute atomic E-state index is 13.9. The molecular weight excluding hydrogens is 395 g/mol. The number of halogens is 1. The van der Waals surface area contributed by atoms with Crippen molar-refractivity contribution in [3.63, 3.8) is 0 Å². The number of benzene rings is 2. The lowest BCUT2D eigenvalue weighted by Gasteiger charge is -2.10. The van der Waals surface area contributed by atoms with Crippen molar-refractivity contribution in [3.05, 3.63) is 81.5 Å². The molecule has 0 bridgehead atoms. The first-order chi connectivity index (χ1) is 14.9. The Kier molecular flexibility index (Phi) is 7.10. The van der Waals surface area contributed by atoms with Crippen LogP contribution in [0.1, 0.15) is 54.5 Å². The maximum Gasteiger partial charge on any atom is 0.336 e. The molecule has 2 aromatic carbocycles. The summed E-state index contributed by atoms with van der Waals surface area (Å²) in [4.78, 5) is 24.6. The second-order valence-electron chi connectivity index (χ2n) is 8.20. The Hall–Kier alpha value is -3.15. The molecule has 0 aliphatic heterocycles. The Morgan fingerprint density at radius 3 is 2.29 bits per heavy atom. The van der Waals surface area contributed by atoms with E-state index in [0.29, 0.717) is 30.8 Å². The Morgan fingerprint density at radius 2 is 1.71 bits per heavy atom. The molecular formula is C25H29FN2O3. The first kappa shape index (κ1) is 22.5. The van der Waals surface area contributed by atoms with E-state index in [4.69, 9.17) is 0 Å². The van der Waals surface area contributed by atoms with Crippen molar-refractivity contribution in [2.45, 2.75) is 53.4 Å². The van der Waals surface area contributed by atoms with E-state index < -0.39 is 12.6 Å². The topological polar surface area (TPSA) is 64.2 Å². The zero-order valence-corrected chi connectivity index (χ0v) is 18.3. The fourth-order valence-electron chi connectivity index (χ4n) is 3.96. The molecule has 0 aliphatic rings. The number of hydrogen-bond donors (Lipinski definition) is 1. The molecule has 3 rings (SSSR count). The van der Waals surface area contributed by atoms with Gasteiger partial charge >= 0.3 is 11.7 Å². The van der Waals surface area contributed by atoms with Crippen molar-refractivity contribution in [3.8, 4) is 11.1 Å². The third kappa shape index (κ3) is 4.79. The zero-order chi connectivity index (χ0) is 22.5. The van der Waals surface area contributed by atoms with Crippen LogP contribution in [0.25, 0.3) is 11.1 Å². The van der Waals surface area contributed by atoms with Crippen molar-refractivity contribution in [2.24, 2.45) is 5.92 Å². The van der Waals surface area contributed by atoms with Gasteiger partial charge in [-0.25, -0.2) is 14.0 Å². The van der Waals surface area contributed by atoms with Gasteiger partial charge in [-0.15, -0.1) is 0 Å². The number of imidazole rings is 1. The molecule has 0 unspecified atom stereocenters. The SMILES string of the molecule is CCCc1c(CF)n(CC(C)C)c(=O)n1Cc1ccc(-c2ccccc2C(=O)O)cc1. The summed E-state index contributed by atoms with van der Waals surface area (Å²) in [7, 11) is 0. The van der Waals surface area contributed by atoms with Gasteiger partial charge in [-0.3, -0.25) is 9.13 Å². The van der Waals surface area contributed by atoms with Gasteiger partial charge in [0.2, 0.25) is 0 Å². The molecule has 0 radical (unpaired) electrons. The lowest BCUT2D eigenvalue weighted by molar-refractivity contribution is 0.0697. The molecule has 0 fully saturated rings. The minimum Gasteiger partial charge on any atom is -0.478 e. The first-order valence-corrected chi connectivity index (χ1v) is 10.7. The summed E-state index contributed by atoms with van der Waals surface area (Å²) in [5.74, 6) is -0.734. The molecule has 0 saturated carbocycles. The van der Waals surface area contributed by atoms with Crippen LogP contribution in [0, 0.1) is 5.92 Å². The van der Waals surface area contributed by atoms with Crippen LogP contribution in [-0.4, -0.2) is 20.2 Å². The van der Waals surface area contributed by atoms with Crippen LogP contribution >= 0.6 is 0 Å². The molecule has 0 aliphatic carbocycles. The standard InChI is InChI=1S/C25H29FN2O3/c1-4-7-22-23(14-26)27(15-17(2)3)25(31)28(22)16-18-10-12-19(13-11-18)20-8-5-6-9-21(20)24(29)30/h5-6,8-13,17H,4,7,14-16H2,1-3H3,(H,29,30). The van der Waals surface area contributed by atoms with Gasteiger partial charge in [0.05, 0.1) is 17.8 Å².